The van der Waals surface area contributed by atoms with Crippen molar-refractivity contribution in [1.82, 2.24) is 5.32 Å². The van der Waals surface area contributed by atoms with E-state index in [2.05, 4.69) is 10.6 Å². The van der Waals surface area contributed by atoms with Crippen LogP contribution in [0.5, 0.6) is 5.75 Å². The van der Waals surface area contributed by atoms with Crippen LogP contribution in [0.1, 0.15) is 32.6 Å². The van der Waals surface area contributed by atoms with E-state index >= 15 is 0 Å². The molecule has 3 N–H and O–H groups in total. The summed E-state index contributed by atoms with van der Waals surface area (Å²) in [6, 6.07) is 5.38. The molecule has 1 aromatic carbocycles. The predicted octanol–water partition coefficient (Wildman–Crippen LogP) is 2.82. The zero-order chi connectivity index (χ0) is 16.9. The van der Waals surface area contributed by atoms with Gasteiger partial charge in [0.05, 0.1) is 19.4 Å². The molecule has 0 aromatic heterocycles. The Morgan fingerprint density at radius 2 is 2.30 bits per heavy atom. The van der Waals surface area contributed by atoms with Crippen molar-refractivity contribution >= 4 is 23.2 Å². The zero-order valence-corrected chi connectivity index (χ0v) is 14.4. The van der Waals surface area contributed by atoms with Crippen LogP contribution < -0.4 is 15.4 Å². The fraction of sp³-hybridized carbons (Fsp3) is 0.588. The van der Waals surface area contributed by atoms with E-state index in [-0.39, 0.29) is 24.0 Å². The second-order valence-electron chi connectivity index (χ2n) is 6.35. The monoisotopic (exact) mass is 340 g/mol. The summed E-state index contributed by atoms with van der Waals surface area (Å²) in [6.45, 7) is 2.63. The molecule has 2 atom stereocenters. The van der Waals surface area contributed by atoms with Gasteiger partial charge in [-0.1, -0.05) is 24.9 Å². The van der Waals surface area contributed by atoms with Gasteiger partial charge in [0.25, 0.3) is 0 Å². The Bertz CT molecular complexity index is 553. The summed E-state index contributed by atoms with van der Waals surface area (Å²) in [5, 5.41) is 16.4. The second kappa shape index (κ2) is 7.88. The third-order valence-electron chi connectivity index (χ3n) is 4.61. The Hall–Kier alpha value is -1.46. The normalized spacial score (nSPS) is 23.6. The number of rotatable bonds is 7. The predicted molar refractivity (Wildman–Crippen MR) is 92.1 cm³/mol. The van der Waals surface area contributed by atoms with Crippen molar-refractivity contribution in [3.63, 3.8) is 0 Å². The van der Waals surface area contributed by atoms with E-state index in [9.17, 15) is 9.90 Å². The molecule has 2 rings (SSSR count). The van der Waals surface area contributed by atoms with Crippen molar-refractivity contribution in [2.24, 2.45) is 5.41 Å². The van der Waals surface area contributed by atoms with Crippen LogP contribution in [0.15, 0.2) is 18.2 Å². The molecule has 5 nitrogen and oxygen atoms in total. The van der Waals surface area contributed by atoms with Gasteiger partial charge in [0.15, 0.2) is 0 Å². The lowest BCUT2D eigenvalue weighted by atomic mass is 9.86. The number of aliphatic hydroxyl groups is 1. The number of aliphatic hydroxyl groups excluding tert-OH is 1. The number of carbonyl (C=O) groups is 1. The topological polar surface area (TPSA) is 70.6 Å². The molecule has 2 unspecified atom stereocenters. The third kappa shape index (κ3) is 4.52. The Balaban J connectivity index is 1.82. The largest absolute Gasteiger partial charge is 0.495 e. The summed E-state index contributed by atoms with van der Waals surface area (Å²) in [7, 11) is 1.59. The number of benzene rings is 1. The Morgan fingerprint density at radius 3 is 3.00 bits per heavy atom. The van der Waals surface area contributed by atoms with Crippen LogP contribution in [0, 0.1) is 5.41 Å². The maximum atomic E-state index is 12.1. The lowest BCUT2D eigenvalue weighted by Gasteiger charge is -2.30. The first-order chi connectivity index (χ1) is 11.0. The average Bonchev–Trinajstić information content (AvgIpc) is 2.89. The van der Waals surface area contributed by atoms with Gasteiger partial charge in [-0.3, -0.25) is 4.79 Å². The van der Waals surface area contributed by atoms with Crippen LogP contribution in [0.3, 0.4) is 0 Å². The van der Waals surface area contributed by atoms with E-state index in [0.29, 0.717) is 23.7 Å². The number of anilines is 1. The van der Waals surface area contributed by atoms with Crippen LogP contribution in [-0.2, 0) is 4.79 Å². The van der Waals surface area contributed by atoms with Crippen LogP contribution in [0.4, 0.5) is 5.69 Å². The highest BCUT2D eigenvalue weighted by molar-refractivity contribution is 6.30. The van der Waals surface area contributed by atoms with Crippen LogP contribution in [0.25, 0.3) is 0 Å². The Kier molecular flexibility index (Phi) is 6.13. The van der Waals surface area contributed by atoms with Crippen molar-refractivity contribution < 1.29 is 14.6 Å². The summed E-state index contributed by atoms with van der Waals surface area (Å²) >= 11 is 5.98. The summed E-state index contributed by atoms with van der Waals surface area (Å²) in [5.74, 6) is 0.684. The molecule has 0 aliphatic heterocycles. The SMILES string of the molecule is COc1ccc(Cl)cc1NCCC(=O)NC1CCCC1(C)CO. The zero-order valence-electron chi connectivity index (χ0n) is 13.7. The molecule has 1 aliphatic carbocycles. The standard InChI is InChI=1S/C17H25ClN2O3/c1-17(11-21)8-3-4-15(17)20-16(22)7-9-19-13-10-12(18)5-6-14(13)23-2/h5-6,10,15,19,21H,3-4,7-9,11H2,1-2H3,(H,20,22). The lowest BCUT2D eigenvalue weighted by Crippen LogP contribution is -2.45. The van der Waals surface area contributed by atoms with Crippen molar-refractivity contribution in [1.29, 1.82) is 0 Å². The maximum absolute atomic E-state index is 12.1. The van der Waals surface area contributed by atoms with Gasteiger partial charge in [0.2, 0.25) is 5.91 Å². The number of nitrogens with one attached hydrogen (secondary N) is 2. The van der Waals surface area contributed by atoms with Gasteiger partial charge in [0.1, 0.15) is 5.75 Å². The minimum atomic E-state index is -0.195. The summed E-state index contributed by atoms with van der Waals surface area (Å²) in [6.07, 6.45) is 3.28. The molecule has 1 aromatic rings. The van der Waals surface area contributed by atoms with E-state index in [0.717, 1.165) is 24.9 Å². The molecule has 1 aliphatic rings. The molecule has 128 valence electrons. The van der Waals surface area contributed by atoms with E-state index in [1.807, 2.05) is 6.92 Å². The molecule has 1 saturated carbocycles. The second-order valence-corrected chi connectivity index (χ2v) is 6.78. The average molecular weight is 341 g/mol. The smallest absolute Gasteiger partial charge is 0.222 e. The van der Waals surface area contributed by atoms with Crippen LogP contribution >= 0.6 is 11.6 Å². The molecular weight excluding hydrogens is 316 g/mol. The first-order valence-corrected chi connectivity index (χ1v) is 8.34. The molecular formula is C17H25ClN2O3. The molecule has 6 heteroatoms. The highest BCUT2D eigenvalue weighted by atomic mass is 35.5. The fourth-order valence-electron chi connectivity index (χ4n) is 3.06. The molecule has 0 heterocycles. The molecule has 23 heavy (non-hydrogen) atoms. The van der Waals surface area contributed by atoms with Crippen molar-refractivity contribution in [3.05, 3.63) is 23.2 Å². The Labute approximate surface area is 142 Å². The molecule has 0 spiro atoms. The summed E-state index contributed by atoms with van der Waals surface area (Å²) in [4.78, 5) is 12.1. The third-order valence-corrected chi connectivity index (χ3v) is 4.84. The van der Waals surface area contributed by atoms with Crippen molar-refractivity contribution in [2.75, 3.05) is 25.6 Å². The molecule has 0 bridgehead atoms. The van der Waals surface area contributed by atoms with E-state index in [1.54, 1.807) is 25.3 Å². The molecule has 0 saturated heterocycles. The quantitative estimate of drug-likeness (QED) is 0.713. The molecule has 1 fully saturated rings. The fourth-order valence-corrected chi connectivity index (χ4v) is 3.24. The first kappa shape index (κ1) is 17.9. The highest BCUT2D eigenvalue weighted by Gasteiger charge is 2.38. The number of ether oxygens (including phenoxy) is 1. The van der Waals surface area contributed by atoms with Gasteiger partial charge < -0.3 is 20.5 Å². The summed E-state index contributed by atoms with van der Waals surface area (Å²) in [5.41, 5.74) is 0.577. The van der Waals surface area contributed by atoms with Gasteiger partial charge in [0, 0.05) is 29.4 Å². The van der Waals surface area contributed by atoms with Crippen LogP contribution in [-0.4, -0.2) is 37.3 Å². The minimum absolute atomic E-state index is 0.00919. The maximum Gasteiger partial charge on any atom is 0.222 e. The first-order valence-electron chi connectivity index (χ1n) is 7.96. The molecule has 0 radical (unpaired) electrons. The number of methoxy groups -OCH3 is 1. The number of halogens is 1. The number of hydrogen-bond acceptors (Lipinski definition) is 4. The highest BCUT2D eigenvalue weighted by Crippen LogP contribution is 2.37. The summed E-state index contributed by atoms with van der Waals surface area (Å²) < 4.78 is 5.26. The van der Waals surface area contributed by atoms with E-state index < -0.39 is 0 Å². The van der Waals surface area contributed by atoms with E-state index in [4.69, 9.17) is 16.3 Å². The minimum Gasteiger partial charge on any atom is -0.495 e. The van der Waals surface area contributed by atoms with E-state index in [1.165, 1.54) is 0 Å². The van der Waals surface area contributed by atoms with Gasteiger partial charge in [-0.25, -0.2) is 0 Å². The number of amides is 1. The van der Waals surface area contributed by atoms with Gasteiger partial charge >= 0.3 is 0 Å². The number of carbonyl (C=O) groups excluding carboxylic acids is 1. The van der Waals surface area contributed by atoms with Gasteiger partial charge in [-0.05, 0) is 31.0 Å². The number of hydrogen-bond donors (Lipinski definition) is 3. The van der Waals surface area contributed by atoms with Crippen molar-refractivity contribution in [3.8, 4) is 5.75 Å². The van der Waals surface area contributed by atoms with Crippen LogP contribution in [0.2, 0.25) is 5.02 Å². The molecule has 1 amide bonds. The lowest BCUT2D eigenvalue weighted by molar-refractivity contribution is -0.122. The van der Waals surface area contributed by atoms with Gasteiger partial charge in [-0.15, -0.1) is 0 Å². The van der Waals surface area contributed by atoms with Crippen molar-refractivity contribution in [2.45, 2.75) is 38.6 Å². The van der Waals surface area contributed by atoms with Gasteiger partial charge in [-0.2, -0.15) is 0 Å². The Morgan fingerprint density at radius 1 is 1.52 bits per heavy atom.